The lowest BCUT2D eigenvalue weighted by Crippen LogP contribution is -2.48. The van der Waals surface area contributed by atoms with Crippen LogP contribution in [0.15, 0.2) is 0 Å². The molecule has 0 aromatic carbocycles. The smallest absolute Gasteiger partial charge is 0.00795 e. The predicted molar refractivity (Wildman–Crippen MR) is 87.7 cm³/mol. The molecule has 1 heterocycles. The van der Waals surface area contributed by atoms with Crippen molar-refractivity contribution >= 4 is 0 Å². The van der Waals surface area contributed by atoms with Crippen molar-refractivity contribution in [2.24, 2.45) is 28.4 Å². The quantitative estimate of drug-likeness (QED) is 0.831. The molecule has 1 saturated carbocycles. The van der Waals surface area contributed by atoms with Crippen LogP contribution in [0.3, 0.4) is 0 Å². The Morgan fingerprint density at radius 2 is 1.90 bits per heavy atom. The van der Waals surface area contributed by atoms with Gasteiger partial charge >= 0.3 is 0 Å². The Kier molecular flexibility index (Phi) is 4.86. The summed E-state index contributed by atoms with van der Waals surface area (Å²) in [5, 5.41) is 0. The summed E-state index contributed by atoms with van der Waals surface area (Å²) in [4.78, 5) is 2.69. The summed E-state index contributed by atoms with van der Waals surface area (Å²) >= 11 is 0. The summed E-state index contributed by atoms with van der Waals surface area (Å²) in [6.07, 6.45) is 6.63. The molecule has 2 fully saturated rings. The molecule has 0 amide bonds. The van der Waals surface area contributed by atoms with Gasteiger partial charge in [-0.2, -0.15) is 0 Å². The van der Waals surface area contributed by atoms with Crippen molar-refractivity contribution in [1.82, 2.24) is 4.90 Å². The summed E-state index contributed by atoms with van der Waals surface area (Å²) in [6, 6.07) is 0.429. The van der Waals surface area contributed by atoms with Gasteiger partial charge in [0, 0.05) is 19.1 Å². The summed E-state index contributed by atoms with van der Waals surface area (Å²) in [5.41, 5.74) is 7.39. The molecule has 2 aliphatic rings. The van der Waals surface area contributed by atoms with Crippen LogP contribution in [0.25, 0.3) is 0 Å². The average molecular weight is 280 g/mol. The minimum atomic E-state index is 0.429. The first-order chi connectivity index (χ1) is 9.17. The lowest BCUT2D eigenvalue weighted by molar-refractivity contribution is 0.0622. The Morgan fingerprint density at radius 1 is 1.20 bits per heavy atom. The second kappa shape index (κ2) is 5.96. The maximum Gasteiger partial charge on any atom is 0.00795 e. The van der Waals surface area contributed by atoms with Gasteiger partial charge in [-0.15, -0.1) is 0 Å². The van der Waals surface area contributed by atoms with Crippen molar-refractivity contribution in [2.75, 3.05) is 19.6 Å². The van der Waals surface area contributed by atoms with Crippen LogP contribution in [-0.2, 0) is 0 Å². The zero-order valence-electron chi connectivity index (χ0n) is 14.4. The van der Waals surface area contributed by atoms with E-state index in [9.17, 15) is 0 Å². The van der Waals surface area contributed by atoms with Gasteiger partial charge < -0.3 is 10.6 Å². The molecule has 0 aromatic heterocycles. The third-order valence-electron chi connectivity index (χ3n) is 5.74. The molecule has 0 bridgehead atoms. The highest BCUT2D eigenvalue weighted by Crippen LogP contribution is 2.40. The molecule has 0 aromatic rings. The first kappa shape index (κ1) is 16.3. The maximum absolute atomic E-state index is 6.44. The summed E-state index contributed by atoms with van der Waals surface area (Å²) in [7, 11) is 0. The molecular formula is C18H36N2. The highest BCUT2D eigenvalue weighted by molar-refractivity contribution is 4.90. The van der Waals surface area contributed by atoms with Crippen LogP contribution < -0.4 is 5.73 Å². The van der Waals surface area contributed by atoms with Gasteiger partial charge in [-0.25, -0.2) is 0 Å². The van der Waals surface area contributed by atoms with E-state index in [0.29, 0.717) is 22.8 Å². The second-order valence-electron chi connectivity index (χ2n) is 9.30. The summed E-state index contributed by atoms with van der Waals surface area (Å²) in [5.74, 6) is 1.56. The third kappa shape index (κ3) is 4.21. The van der Waals surface area contributed by atoms with E-state index in [-0.39, 0.29) is 0 Å². The highest BCUT2D eigenvalue weighted by atomic mass is 15.1. The van der Waals surface area contributed by atoms with Gasteiger partial charge in [0.1, 0.15) is 0 Å². The second-order valence-corrected chi connectivity index (χ2v) is 9.30. The van der Waals surface area contributed by atoms with Gasteiger partial charge in [0.2, 0.25) is 0 Å². The normalized spacial score (nSPS) is 36.0. The first-order valence-electron chi connectivity index (χ1n) is 8.65. The molecule has 1 aliphatic heterocycles. The zero-order valence-corrected chi connectivity index (χ0v) is 14.4. The van der Waals surface area contributed by atoms with E-state index in [1.54, 1.807) is 0 Å². The number of nitrogens with zero attached hydrogens (tertiary/aromatic N) is 1. The van der Waals surface area contributed by atoms with E-state index >= 15 is 0 Å². The Balaban J connectivity index is 1.93. The maximum atomic E-state index is 6.44. The summed E-state index contributed by atoms with van der Waals surface area (Å²) in [6.45, 7) is 15.8. The zero-order chi connectivity index (χ0) is 15.0. The van der Waals surface area contributed by atoms with Crippen molar-refractivity contribution in [3.63, 3.8) is 0 Å². The molecule has 1 saturated heterocycles. The van der Waals surface area contributed by atoms with Crippen LogP contribution >= 0.6 is 0 Å². The standard InChI is InChI=1S/C18H36N2/c1-17(2,3)15-7-8-16(19)14(11-15)12-20-10-6-9-18(4,5)13-20/h14-16H,6-13,19H2,1-5H3. The lowest BCUT2D eigenvalue weighted by Gasteiger charge is -2.45. The summed E-state index contributed by atoms with van der Waals surface area (Å²) < 4.78 is 0. The minimum Gasteiger partial charge on any atom is -0.327 e. The van der Waals surface area contributed by atoms with Crippen LogP contribution in [0.1, 0.15) is 66.7 Å². The van der Waals surface area contributed by atoms with E-state index in [1.807, 2.05) is 0 Å². The van der Waals surface area contributed by atoms with Crippen molar-refractivity contribution in [2.45, 2.75) is 72.8 Å². The van der Waals surface area contributed by atoms with Gasteiger partial charge in [-0.05, 0) is 61.3 Å². The Hall–Kier alpha value is -0.0800. The molecule has 2 heteroatoms. The molecule has 3 atom stereocenters. The van der Waals surface area contributed by atoms with Crippen molar-refractivity contribution < 1.29 is 0 Å². The third-order valence-corrected chi connectivity index (χ3v) is 5.74. The average Bonchev–Trinajstić information content (AvgIpc) is 2.29. The Labute approximate surface area is 126 Å². The number of piperidine rings is 1. The van der Waals surface area contributed by atoms with E-state index in [2.05, 4.69) is 39.5 Å². The molecule has 2 rings (SSSR count). The molecule has 118 valence electrons. The number of hydrogen-bond acceptors (Lipinski definition) is 2. The fourth-order valence-electron chi connectivity index (χ4n) is 4.32. The minimum absolute atomic E-state index is 0.429. The fourth-order valence-corrected chi connectivity index (χ4v) is 4.32. The van der Waals surface area contributed by atoms with Crippen molar-refractivity contribution in [3.05, 3.63) is 0 Å². The lowest BCUT2D eigenvalue weighted by atomic mass is 9.67. The van der Waals surface area contributed by atoms with Crippen molar-refractivity contribution in [1.29, 1.82) is 0 Å². The molecule has 0 spiro atoms. The largest absolute Gasteiger partial charge is 0.327 e. The molecule has 20 heavy (non-hydrogen) atoms. The number of hydrogen-bond donors (Lipinski definition) is 1. The molecule has 0 radical (unpaired) electrons. The fraction of sp³-hybridized carbons (Fsp3) is 1.00. The Morgan fingerprint density at radius 3 is 2.50 bits per heavy atom. The van der Waals surface area contributed by atoms with E-state index in [4.69, 9.17) is 5.73 Å². The molecule has 1 aliphatic carbocycles. The van der Waals surface area contributed by atoms with Crippen molar-refractivity contribution in [3.8, 4) is 0 Å². The van der Waals surface area contributed by atoms with E-state index in [1.165, 1.54) is 51.7 Å². The van der Waals surface area contributed by atoms with Crippen LogP contribution in [-0.4, -0.2) is 30.6 Å². The van der Waals surface area contributed by atoms with Crippen LogP contribution in [0.5, 0.6) is 0 Å². The molecule has 2 nitrogen and oxygen atoms in total. The van der Waals surface area contributed by atoms with Gasteiger partial charge in [-0.1, -0.05) is 34.6 Å². The van der Waals surface area contributed by atoms with Gasteiger partial charge in [0.25, 0.3) is 0 Å². The molecule has 3 unspecified atom stereocenters. The molecule has 2 N–H and O–H groups in total. The van der Waals surface area contributed by atoms with Gasteiger partial charge in [-0.3, -0.25) is 0 Å². The number of rotatable bonds is 2. The Bertz CT molecular complexity index is 316. The highest BCUT2D eigenvalue weighted by Gasteiger charge is 2.36. The SMILES string of the molecule is CC1(C)CCCN(CC2CC(C(C)(C)C)CCC2N)C1. The van der Waals surface area contributed by atoms with E-state index in [0.717, 1.165) is 5.92 Å². The van der Waals surface area contributed by atoms with Crippen LogP contribution in [0.2, 0.25) is 0 Å². The monoisotopic (exact) mass is 280 g/mol. The van der Waals surface area contributed by atoms with Gasteiger partial charge in [0.05, 0.1) is 0 Å². The number of likely N-dealkylation sites (tertiary alicyclic amines) is 1. The topological polar surface area (TPSA) is 29.3 Å². The van der Waals surface area contributed by atoms with Crippen LogP contribution in [0, 0.1) is 22.7 Å². The predicted octanol–water partition coefficient (Wildman–Crippen LogP) is 3.90. The number of nitrogens with two attached hydrogens (primary N) is 1. The first-order valence-corrected chi connectivity index (χ1v) is 8.65. The van der Waals surface area contributed by atoms with E-state index < -0.39 is 0 Å². The van der Waals surface area contributed by atoms with Crippen LogP contribution in [0.4, 0.5) is 0 Å². The molecular weight excluding hydrogens is 244 g/mol. The van der Waals surface area contributed by atoms with Gasteiger partial charge in [0.15, 0.2) is 0 Å².